The Morgan fingerprint density at radius 1 is 1.18 bits per heavy atom. The fraction of sp³-hybridized carbons (Fsp3) is 0.387. The minimum absolute atomic E-state index is 0.0761. The van der Waals surface area contributed by atoms with Gasteiger partial charge in [-0.3, -0.25) is 24.0 Å². The first-order valence-corrected chi connectivity index (χ1v) is 14.8. The molecule has 0 saturated carbocycles. The molecule has 3 aromatic rings. The van der Waals surface area contributed by atoms with E-state index in [2.05, 4.69) is 11.6 Å². The summed E-state index contributed by atoms with van der Waals surface area (Å²) in [5.74, 6) is -1.92. The number of likely N-dealkylation sites (N-methyl/N-ethyl adjacent to an activating group) is 1. The van der Waals surface area contributed by atoms with Crippen LogP contribution in [0.2, 0.25) is 5.02 Å². The summed E-state index contributed by atoms with van der Waals surface area (Å²) < 4.78 is 43.0. The number of alkyl halides is 3. The van der Waals surface area contributed by atoms with Crippen molar-refractivity contribution in [1.29, 1.82) is 0 Å². The quantitative estimate of drug-likeness (QED) is 0.387. The molecule has 0 spiro atoms. The molecule has 3 aliphatic heterocycles. The van der Waals surface area contributed by atoms with Crippen LogP contribution in [0.3, 0.4) is 0 Å². The zero-order valence-corrected chi connectivity index (χ0v) is 25.6. The van der Waals surface area contributed by atoms with Crippen LogP contribution < -0.4 is 14.7 Å². The van der Waals surface area contributed by atoms with E-state index in [0.717, 1.165) is 22.7 Å². The molecule has 5 heterocycles. The van der Waals surface area contributed by atoms with Crippen molar-refractivity contribution in [3.63, 3.8) is 0 Å². The van der Waals surface area contributed by atoms with Crippen LogP contribution in [0.1, 0.15) is 36.0 Å². The van der Waals surface area contributed by atoms with Crippen molar-refractivity contribution >= 4 is 46.5 Å². The maximum atomic E-state index is 14.1. The first kappa shape index (κ1) is 30.6. The van der Waals surface area contributed by atoms with E-state index in [1.165, 1.54) is 17.9 Å². The monoisotopic (exact) mass is 641 g/mol. The third-order valence-electron chi connectivity index (χ3n) is 8.65. The summed E-state index contributed by atoms with van der Waals surface area (Å²) in [6.07, 6.45) is -3.44. The normalized spacial score (nSPS) is 21.7. The van der Waals surface area contributed by atoms with Crippen LogP contribution in [-0.4, -0.2) is 63.1 Å². The van der Waals surface area contributed by atoms with E-state index < -0.39 is 35.5 Å². The molecule has 6 rings (SSSR count). The largest absolute Gasteiger partial charge is 0.416 e. The minimum Gasteiger partial charge on any atom is -0.362 e. The Kier molecular flexibility index (Phi) is 7.62. The number of hydrogen-bond acceptors (Lipinski definition) is 6. The molecule has 1 fully saturated rings. The highest BCUT2D eigenvalue weighted by molar-refractivity contribution is 6.34. The Morgan fingerprint density at radius 3 is 2.64 bits per heavy atom. The van der Waals surface area contributed by atoms with Crippen LogP contribution in [0.5, 0.6) is 0 Å². The van der Waals surface area contributed by atoms with Gasteiger partial charge in [0.15, 0.2) is 0 Å². The third-order valence-corrected chi connectivity index (χ3v) is 8.96. The van der Waals surface area contributed by atoms with E-state index in [-0.39, 0.29) is 43.0 Å². The molecule has 14 heteroatoms. The van der Waals surface area contributed by atoms with Gasteiger partial charge in [0, 0.05) is 37.7 Å². The van der Waals surface area contributed by atoms with Crippen LogP contribution in [0.15, 0.2) is 49.1 Å². The summed E-state index contributed by atoms with van der Waals surface area (Å²) in [5, 5.41) is 5.20. The Morgan fingerprint density at radius 2 is 1.93 bits per heavy atom. The van der Waals surface area contributed by atoms with Gasteiger partial charge in [-0.25, -0.2) is 4.98 Å². The number of hydrogen-bond donors (Lipinski definition) is 0. The van der Waals surface area contributed by atoms with Crippen LogP contribution in [0.25, 0.3) is 0 Å². The molecule has 1 aromatic carbocycles. The SMILES string of the molecule is C=CC(=O)N1Cc2cc(CN3C[C@H]4CC(=O)N(c5cc(C(F)(F)F)cc(C)n5)[C@@H]4C(=O)N(C)c4cccc(Cl)c43)nn2C[C@@H]1C. The highest BCUT2D eigenvalue weighted by Gasteiger charge is 2.49. The molecular formula is C31H31ClF3N7O3. The number of benzene rings is 1. The standard InChI is InChI=1S/C31H31ClF3N7O3/c1-5-26(43)40-16-22-12-21(37-41(22)13-18(40)3)15-39-14-19-10-27(44)42(25-11-20(31(33,34)35)9-17(2)36-25)28(19)30(45)38(4)24-8-6-7-23(32)29(24)39/h5-9,11-12,18-19,28H,1,10,13-16H2,2-4H3/t18-,19+,28-/m0/s1. The Balaban J connectivity index is 1.39. The maximum absolute atomic E-state index is 14.1. The number of carbonyl (C=O) groups excluding carboxylic acids is 3. The first-order chi connectivity index (χ1) is 21.3. The highest BCUT2D eigenvalue weighted by Crippen LogP contribution is 2.43. The minimum atomic E-state index is -4.66. The molecule has 10 nitrogen and oxygen atoms in total. The van der Waals surface area contributed by atoms with Gasteiger partial charge in [0.25, 0.3) is 0 Å². The second kappa shape index (κ2) is 11.2. The summed E-state index contributed by atoms with van der Waals surface area (Å²) in [4.78, 5) is 50.4. The molecule has 2 aromatic heterocycles. The first-order valence-electron chi connectivity index (χ1n) is 14.4. The lowest BCUT2D eigenvalue weighted by Crippen LogP contribution is -2.52. The van der Waals surface area contributed by atoms with Crippen LogP contribution >= 0.6 is 11.6 Å². The van der Waals surface area contributed by atoms with Gasteiger partial charge in [0.1, 0.15) is 11.9 Å². The number of rotatable bonds is 4. The zero-order chi connectivity index (χ0) is 32.4. The Labute approximate surface area is 262 Å². The summed E-state index contributed by atoms with van der Waals surface area (Å²) in [6.45, 7) is 8.29. The smallest absolute Gasteiger partial charge is 0.362 e. The Hall–Kier alpha value is -4.39. The highest BCUT2D eigenvalue weighted by atomic mass is 35.5. The topological polar surface area (TPSA) is 94.9 Å². The number of aryl methyl sites for hydroxylation is 1. The van der Waals surface area contributed by atoms with E-state index >= 15 is 0 Å². The average molecular weight is 642 g/mol. The van der Waals surface area contributed by atoms with Crippen molar-refractivity contribution < 1.29 is 27.6 Å². The van der Waals surface area contributed by atoms with Crippen molar-refractivity contribution in [2.75, 3.05) is 28.3 Å². The van der Waals surface area contributed by atoms with Crippen molar-refractivity contribution in [2.45, 2.75) is 58.2 Å². The van der Waals surface area contributed by atoms with Crippen molar-refractivity contribution in [3.8, 4) is 0 Å². The number of pyridine rings is 1. The number of nitrogens with zero attached hydrogens (tertiary/aromatic N) is 7. The Bertz CT molecular complexity index is 1720. The molecule has 0 radical (unpaired) electrons. The predicted molar refractivity (Wildman–Crippen MR) is 162 cm³/mol. The number of anilines is 3. The fourth-order valence-corrected chi connectivity index (χ4v) is 6.86. The van der Waals surface area contributed by atoms with Gasteiger partial charge in [-0.2, -0.15) is 18.3 Å². The van der Waals surface area contributed by atoms with E-state index in [1.54, 1.807) is 30.1 Å². The number of fused-ring (bicyclic) bond motifs is 3. The number of amides is 3. The van der Waals surface area contributed by atoms with Crippen molar-refractivity contribution in [2.24, 2.45) is 5.92 Å². The van der Waals surface area contributed by atoms with Gasteiger partial charge in [-0.15, -0.1) is 0 Å². The van der Waals surface area contributed by atoms with Crippen LogP contribution in [0.4, 0.5) is 30.4 Å². The lowest BCUT2D eigenvalue weighted by atomic mass is 9.95. The average Bonchev–Trinajstić information content (AvgIpc) is 3.52. The fourth-order valence-electron chi connectivity index (χ4n) is 6.57. The zero-order valence-electron chi connectivity index (χ0n) is 24.9. The molecule has 3 aliphatic rings. The summed E-state index contributed by atoms with van der Waals surface area (Å²) >= 11 is 6.75. The second-order valence-corrected chi connectivity index (χ2v) is 12.1. The molecule has 0 N–H and O–H groups in total. The molecule has 0 bridgehead atoms. The number of para-hydroxylation sites is 1. The maximum Gasteiger partial charge on any atom is 0.416 e. The van der Waals surface area contributed by atoms with Gasteiger partial charge in [0.05, 0.1) is 53.0 Å². The van der Waals surface area contributed by atoms with Crippen molar-refractivity contribution in [1.82, 2.24) is 19.7 Å². The van der Waals surface area contributed by atoms with Gasteiger partial charge in [-0.1, -0.05) is 24.2 Å². The molecule has 45 heavy (non-hydrogen) atoms. The van der Waals surface area contributed by atoms with Crippen LogP contribution in [-0.2, 0) is 40.2 Å². The molecule has 3 amide bonds. The molecular weight excluding hydrogens is 611 g/mol. The summed E-state index contributed by atoms with van der Waals surface area (Å²) in [6, 6.07) is 7.62. The number of aromatic nitrogens is 3. The van der Waals surface area contributed by atoms with Gasteiger partial charge in [-0.05, 0) is 50.3 Å². The van der Waals surface area contributed by atoms with Crippen LogP contribution in [0, 0.1) is 12.8 Å². The van der Waals surface area contributed by atoms with E-state index in [4.69, 9.17) is 16.7 Å². The molecule has 236 valence electrons. The van der Waals surface area contributed by atoms with Gasteiger partial charge >= 0.3 is 6.18 Å². The van der Waals surface area contributed by atoms with Gasteiger partial charge < -0.3 is 14.7 Å². The molecule has 0 aliphatic carbocycles. The van der Waals surface area contributed by atoms with E-state index in [9.17, 15) is 27.6 Å². The number of carbonyl (C=O) groups is 3. The molecule has 3 atom stereocenters. The van der Waals surface area contributed by atoms with E-state index in [0.29, 0.717) is 35.2 Å². The predicted octanol–water partition coefficient (Wildman–Crippen LogP) is 4.58. The number of halogens is 4. The van der Waals surface area contributed by atoms with Crippen molar-refractivity contribution in [3.05, 3.63) is 76.7 Å². The van der Waals surface area contributed by atoms with Gasteiger partial charge in [0.2, 0.25) is 17.7 Å². The molecule has 1 saturated heterocycles. The lowest BCUT2D eigenvalue weighted by Gasteiger charge is -2.39. The molecule has 0 unspecified atom stereocenters. The summed E-state index contributed by atoms with van der Waals surface area (Å²) in [7, 11) is 1.56. The summed E-state index contributed by atoms with van der Waals surface area (Å²) in [5.41, 5.74) is 1.74. The van der Waals surface area contributed by atoms with E-state index in [1.807, 2.05) is 22.6 Å². The lowest BCUT2D eigenvalue weighted by molar-refractivity contribution is -0.137. The second-order valence-electron chi connectivity index (χ2n) is 11.7. The third kappa shape index (κ3) is 5.43.